The zero-order valence-corrected chi connectivity index (χ0v) is 18.0. The van der Waals surface area contributed by atoms with E-state index in [0.29, 0.717) is 28.4 Å². The Morgan fingerprint density at radius 1 is 1.28 bits per heavy atom. The molecule has 10 heteroatoms. The van der Waals surface area contributed by atoms with Gasteiger partial charge in [0, 0.05) is 50.4 Å². The molecule has 8 nitrogen and oxygen atoms in total. The maximum atomic E-state index is 12.8. The minimum atomic E-state index is -2.58. The third-order valence-electron chi connectivity index (χ3n) is 4.45. The highest BCUT2D eigenvalue weighted by molar-refractivity contribution is 5.64. The summed E-state index contributed by atoms with van der Waals surface area (Å²) in [5, 5.41) is 22.3. The Bertz CT molecular complexity index is 1040. The fraction of sp³-hybridized carbons (Fsp3) is 0.227. The number of halogens is 2. The SMILES string of the molecule is C=NN(C)/C(COc1ccc(N(C)/C=C\C(=C)C#N)nn1)=C(\C)c1ccc(C(F)F)cn1. The van der Waals surface area contributed by atoms with Crippen LogP contribution < -0.4 is 9.64 Å². The summed E-state index contributed by atoms with van der Waals surface area (Å²) in [6.45, 7) is 8.95. The van der Waals surface area contributed by atoms with E-state index in [1.54, 1.807) is 50.3 Å². The van der Waals surface area contributed by atoms with Crippen LogP contribution in [0.25, 0.3) is 5.57 Å². The molecule has 0 fully saturated rings. The van der Waals surface area contributed by atoms with Gasteiger partial charge in [0.25, 0.3) is 6.43 Å². The van der Waals surface area contributed by atoms with Gasteiger partial charge in [0.15, 0.2) is 5.82 Å². The van der Waals surface area contributed by atoms with Crippen LogP contribution in [-0.2, 0) is 0 Å². The molecule has 32 heavy (non-hydrogen) atoms. The van der Waals surface area contributed by atoms with Crippen LogP contribution in [0.3, 0.4) is 0 Å². The van der Waals surface area contributed by atoms with Crippen molar-refractivity contribution in [2.45, 2.75) is 13.3 Å². The van der Waals surface area contributed by atoms with E-state index in [1.165, 1.54) is 17.1 Å². The summed E-state index contributed by atoms with van der Waals surface area (Å²) in [5.41, 5.74) is 1.99. The average Bonchev–Trinajstić information content (AvgIpc) is 2.82. The van der Waals surface area contributed by atoms with Crippen molar-refractivity contribution < 1.29 is 13.5 Å². The zero-order chi connectivity index (χ0) is 23.7. The predicted octanol–water partition coefficient (Wildman–Crippen LogP) is 4.20. The highest BCUT2D eigenvalue weighted by Gasteiger charge is 2.14. The highest BCUT2D eigenvalue weighted by atomic mass is 19.3. The molecule has 2 aromatic rings. The van der Waals surface area contributed by atoms with Crippen molar-refractivity contribution in [3.63, 3.8) is 0 Å². The molecule has 0 unspecified atom stereocenters. The lowest BCUT2D eigenvalue weighted by molar-refractivity contribution is 0.151. The number of hydrogen-bond acceptors (Lipinski definition) is 8. The molecule has 0 aliphatic heterocycles. The maximum Gasteiger partial charge on any atom is 0.265 e. The van der Waals surface area contributed by atoms with Gasteiger partial charge in [-0.25, -0.2) is 8.78 Å². The van der Waals surface area contributed by atoms with Crippen LogP contribution in [0.4, 0.5) is 14.6 Å². The molecule has 0 amide bonds. The van der Waals surface area contributed by atoms with Gasteiger partial charge in [0.1, 0.15) is 6.61 Å². The molecule has 166 valence electrons. The van der Waals surface area contributed by atoms with Gasteiger partial charge in [-0.15, -0.1) is 10.2 Å². The number of hydrogen-bond donors (Lipinski definition) is 0. The van der Waals surface area contributed by atoms with Crippen LogP contribution in [0.1, 0.15) is 24.6 Å². The van der Waals surface area contributed by atoms with Crippen molar-refractivity contribution in [1.29, 1.82) is 5.26 Å². The first-order valence-corrected chi connectivity index (χ1v) is 9.38. The Balaban J connectivity index is 2.16. The lowest BCUT2D eigenvalue weighted by Crippen LogP contribution is -2.19. The quantitative estimate of drug-likeness (QED) is 0.237. The number of aromatic nitrogens is 3. The van der Waals surface area contributed by atoms with Gasteiger partial charge in [-0.05, 0) is 36.8 Å². The highest BCUT2D eigenvalue weighted by Crippen LogP contribution is 2.23. The Morgan fingerprint density at radius 2 is 2.03 bits per heavy atom. The number of nitriles is 1. The molecule has 2 aromatic heterocycles. The molecule has 0 saturated heterocycles. The van der Waals surface area contributed by atoms with Gasteiger partial charge < -0.3 is 9.64 Å². The largest absolute Gasteiger partial charge is 0.470 e. The van der Waals surface area contributed by atoms with E-state index in [0.717, 1.165) is 6.20 Å². The summed E-state index contributed by atoms with van der Waals surface area (Å²) in [5.74, 6) is 0.816. The molecule has 0 radical (unpaired) electrons. The van der Waals surface area contributed by atoms with E-state index in [-0.39, 0.29) is 18.1 Å². The van der Waals surface area contributed by atoms with Crippen LogP contribution in [-0.4, -0.2) is 47.6 Å². The number of allylic oxidation sites excluding steroid dienone is 3. The molecule has 2 rings (SSSR count). The number of hydrazone groups is 1. The van der Waals surface area contributed by atoms with Crippen molar-refractivity contribution in [2.24, 2.45) is 5.10 Å². The monoisotopic (exact) mass is 439 g/mol. The van der Waals surface area contributed by atoms with Gasteiger partial charge in [-0.1, -0.05) is 6.58 Å². The van der Waals surface area contributed by atoms with Crippen LogP contribution in [0.2, 0.25) is 0 Å². The van der Waals surface area contributed by atoms with Gasteiger partial charge in [0.2, 0.25) is 5.88 Å². The number of ether oxygens (including phenoxy) is 1. The second-order valence-corrected chi connectivity index (χ2v) is 6.60. The Labute approximate surface area is 185 Å². The van der Waals surface area contributed by atoms with Crippen molar-refractivity contribution >= 4 is 18.1 Å². The summed E-state index contributed by atoms with van der Waals surface area (Å²) >= 11 is 0. The molecule has 0 N–H and O–H groups in total. The lowest BCUT2D eigenvalue weighted by Gasteiger charge is -2.20. The second-order valence-electron chi connectivity index (χ2n) is 6.60. The van der Waals surface area contributed by atoms with Gasteiger partial charge in [0.05, 0.1) is 17.5 Å². The van der Waals surface area contributed by atoms with Crippen molar-refractivity contribution in [3.05, 3.63) is 71.8 Å². The molecule has 0 saturated carbocycles. The number of likely N-dealkylation sites (N-methyl/N-ethyl adjacent to an activating group) is 1. The number of nitrogens with zero attached hydrogens (tertiary/aromatic N) is 7. The third-order valence-corrected chi connectivity index (χ3v) is 4.45. The molecule has 0 atom stereocenters. The van der Waals surface area contributed by atoms with E-state index in [2.05, 4.69) is 33.6 Å². The smallest absolute Gasteiger partial charge is 0.265 e. The van der Waals surface area contributed by atoms with Crippen molar-refractivity contribution in [1.82, 2.24) is 20.2 Å². The molecule has 0 aliphatic rings. The molecule has 0 aliphatic carbocycles. The normalized spacial score (nSPS) is 11.7. The molecular formula is C22H23F2N7O. The summed E-state index contributed by atoms with van der Waals surface area (Å²) < 4.78 is 31.3. The Morgan fingerprint density at radius 3 is 2.56 bits per heavy atom. The molecular weight excluding hydrogens is 416 g/mol. The number of rotatable bonds is 10. The lowest BCUT2D eigenvalue weighted by atomic mass is 10.1. The van der Waals surface area contributed by atoms with Gasteiger partial charge in [-0.2, -0.15) is 10.4 Å². The van der Waals surface area contributed by atoms with Crippen LogP contribution in [0, 0.1) is 11.3 Å². The minimum Gasteiger partial charge on any atom is -0.470 e. The van der Waals surface area contributed by atoms with Gasteiger partial charge >= 0.3 is 0 Å². The first kappa shape index (κ1) is 24.1. The Kier molecular flexibility index (Phi) is 8.53. The second kappa shape index (κ2) is 11.3. The van der Waals surface area contributed by atoms with Crippen molar-refractivity contribution in [3.8, 4) is 11.9 Å². The summed E-state index contributed by atoms with van der Waals surface area (Å²) in [7, 11) is 3.45. The summed E-state index contributed by atoms with van der Waals surface area (Å²) in [4.78, 5) is 5.79. The maximum absolute atomic E-state index is 12.8. The summed E-state index contributed by atoms with van der Waals surface area (Å²) in [6.07, 6.45) is 1.77. The van der Waals surface area contributed by atoms with E-state index in [4.69, 9.17) is 10.00 Å². The van der Waals surface area contributed by atoms with E-state index in [9.17, 15) is 8.78 Å². The van der Waals surface area contributed by atoms with E-state index >= 15 is 0 Å². The molecule has 2 heterocycles. The molecule has 0 aromatic carbocycles. The van der Waals surface area contributed by atoms with Crippen molar-refractivity contribution in [2.75, 3.05) is 25.6 Å². The molecule has 0 spiro atoms. The number of anilines is 1. The summed E-state index contributed by atoms with van der Waals surface area (Å²) in [6, 6.07) is 8.13. The van der Waals surface area contributed by atoms with Crippen LogP contribution >= 0.6 is 0 Å². The number of alkyl halides is 2. The first-order valence-electron chi connectivity index (χ1n) is 9.38. The number of pyridine rings is 1. The van der Waals surface area contributed by atoms with E-state index in [1.807, 2.05) is 6.07 Å². The first-order chi connectivity index (χ1) is 15.3. The molecule has 0 bridgehead atoms. The van der Waals surface area contributed by atoms with Crippen LogP contribution in [0.5, 0.6) is 5.88 Å². The van der Waals surface area contributed by atoms with Crippen LogP contribution in [0.15, 0.2) is 65.7 Å². The van der Waals surface area contributed by atoms with E-state index < -0.39 is 6.43 Å². The van der Waals surface area contributed by atoms with Gasteiger partial charge in [-0.3, -0.25) is 9.99 Å². The minimum absolute atomic E-state index is 0.0748. The standard InChI is InChI=1S/C22H23F2N7O/c1-15(12-25)10-11-30(4)20-8-9-21(29-28-20)32-14-19(31(5)26-3)16(2)18-7-6-17(13-27-18)22(23)24/h6-11,13,22H,1,3,14H2,2,4-5H3/b11-10-,19-16+. The fourth-order valence-electron chi connectivity index (χ4n) is 2.47. The third kappa shape index (κ3) is 6.43. The fourth-order valence-corrected chi connectivity index (χ4v) is 2.47. The Hall–Kier alpha value is -4.13. The predicted molar refractivity (Wildman–Crippen MR) is 119 cm³/mol. The average molecular weight is 439 g/mol. The topological polar surface area (TPSA) is 90.5 Å². The zero-order valence-electron chi connectivity index (χ0n) is 18.0.